The molecule has 3 aromatic rings. The van der Waals surface area contributed by atoms with E-state index in [0.717, 1.165) is 16.8 Å². The molecule has 0 bridgehead atoms. The van der Waals surface area contributed by atoms with Gasteiger partial charge in [-0.25, -0.2) is 0 Å². The van der Waals surface area contributed by atoms with Gasteiger partial charge in [0.25, 0.3) is 5.91 Å². The zero-order chi connectivity index (χ0) is 17.4. The lowest BCUT2D eigenvalue weighted by atomic mass is 10.0. The first-order chi connectivity index (χ1) is 12.1. The van der Waals surface area contributed by atoms with Gasteiger partial charge in [0, 0.05) is 22.4 Å². The monoisotopic (exact) mass is 329 g/mol. The van der Waals surface area contributed by atoms with Gasteiger partial charge in [0.05, 0.1) is 5.57 Å². The summed E-state index contributed by atoms with van der Waals surface area (Å²) in [6, 6.07) is 18.5. The lowest BCUT2D eigenvalue weighted by Gasteiger charge is -2.03. The molecule has 0 spiro atoms. The Kier molecular flexibility index (Phi) is 3.58. The van der Waals surface area contributed by atoms with Gasteiger partial charge in [-0.3, -0.25) is 9.59 Å². The summed E-state index contributed by atoms with van der Waals surface area (Å²) in [7, 11) is 0. The van der Waals surface area contributed by atoms with Crippen LogP contribution in [-0.2, 0) is 4.79 Å². The van der Waals surface area contributed by atoms with Crippen molar-refractivity contribution in [1.29, 1.82) is 0 Å². The number of ketones is 1. The summed E-state index contributed by atoms with van der Waals surface area (Å²) in [4.78, 5) is 24.0. The van der Waals surface area contributed by atoms with Crippen LogP contribution >= 0.6 is 0 Å². The van der Waals surface area contributed by atoms with Crippen molar-refractivity contribution in [3.63, 3.8) is 0 Å². The van der Waals surface area contributed by atoms with E-state index in [1.807, 2.05) is 48.5 Å². The van der Waals surface area contributed by atoms with Crippen LogP contribution in [0, 0.1) is 0 Å². The van der Waals surface area contributed by atoms with Crippen molar-refractivity contribution in [3.8, 4) is 11.3 Å². The number of furan rings is 1. The Morgan fingerprint density at radius 2 is 1.68 bits per heavy atom. The Balaban J connectivity index is 1.74. The van der Waals surface area contributed by atoms with Gasteiger partial charge >= 0.3 is 0 Å². The van der Waals surface area contributed by atoms with E-state index in [0.29, 0.717) is 22.7 Å². The van der Waals surface area contributed by atoms with Crippen molar-refractivity contribution in [1.82, 2.24) is 0 Å². The molecule has 4 nitrogen and oxygen atoms in total. The third-order valence-corrected chi connectivity index (χ3v) is 4.20. The summed E-state index contributed by atoms with van der Waals surface area (Å²) in [5, 5.41) is 2.84. The Hall–Kier alpha value is -3.40. The number of amides is 1. The SMILES string of the molecule is CC(=O)c1ccccc1-c1ccc(/C=C2/C(=O)Nc3ccccc32)o1. The Morgan fingerprint density at radius 1 is 0.960 bits per heavy atom. The second-order valence-electron chi connectivity index (χ2n) is 5.86. The maximum atomic E-state index is 12.2. The van der Waals surface area contributed by atoms with E-state index in [1.165, 1.54) is 6.92 Å². The first-order valence-corrected chi connectivity index (χ1v) is 7.96. The molecule has 1 aromatic heterocycles. The van der Waals surface area contributed by atoms with Crippen molar-refractivity contribution in [2.75, 3.05) is 5.32 Å². The van der Waals surface area contributed by atoms with Crippen LogP contribution in [0.1, 0.15) is 28.6 Å². The van der Waals surface area contributed by atoms with E-state index in [9.17, 15) is 9.59 Å². The first kappa shape index (κ1) is 15.1. The predicted octanol–water partition coefficient (Wildman–Crippen LogP) is 4.64. The van der Waals surface area contributed by atoms with Crippen LogP contribution in [0.15, 0.2) is 65.1 Å². The first-order valence-electron chi connectivity index (χ1n) is 7.96. The molecule has 0 saturated heterocycles. The van der Waals surface area contributed by atoms with E-state index >= 15 is 0 Å². The second kappa shape index (κ2) is 5.91. The van der Waals surface area contributed by atoms with Gasteiger partial charge < -0.3 is 9.73 Å². The highest BCUT2D eigenvalue weighted by Gasteiger charge is 2.24. The number of fused-ring (bicyclic) bond motifs is 1. The van der Waals surface area contributed by atoms with Crippen molar-refractivity contribution >= 4 is 29.0 Å². The van der Waals surface area contributed by atoms with Gasteiger partial charge in [-0.15, -0.1) is 0 Å². The number of carbonyl (C=O) groups is 2. The van der Waals surface area contributed by atoms with Gasteiger partial charge in [-0.2, -0.15) is 0 Å². The summed E-state index contributed by atoms with van der Waals surface area (Å²) in [6.07, 6.45) is 1.72. The molecule has 1 amide bonds. The summed E-state index contributed by atoms with van der Waals surface area (Å²) in [5.74, 6) is 0.999. The molecule has 1 aliphatic heterocycles. The molecule has 0 unspecified atom stereocenters. The van der Waals surface area contributed by atoms with Crippen LogP contribution in [0.25, 0.3) is 23.0 Å². The lowest BCUT2D eigenvalue weighted by Crippen LogP contribution is -2.03. The van der Waals surface area contributed by atoms with Gasteiger partial charge in [0.15, 0.2) is 5.78 Å². The van der Waals surface area contributed by atoms with Gasteiger partial charge in [0.1, 0.15) is 11.5 Å². The number of anilines is 1. The third-order valence-electron chi connectivity index (χ3n) is 4.20. The molecule has 1 aliphatic rings. The largest absolute Gasteiger partial charge is 0.457 e. The quantitative estimate of drug-likeness (QED) is 0.562. The Bertz CT molecular complexity index is 1030. The predicted molar refractivity (Wildman–Crippen MR) is 97.1 cm³/mol. The molecule has 25 heavy (non-hydrogen) atoms. The number of benzene rings is 2. The average Bonchev–Trinajstić information content (AvgIpc) is 3.20. The molecule has 4 heteroatoms. The van der Waals surface area contributed by atoms with Crippen LogP contribution < -0.4 is 5.32 Å². The van der Waals surface area contributed by atoms with Crippen LogP contribution in [0.2, 0.25) is 0 Å². The molecule has 4 rings (SSSR count). The summed E-state index contributed by atoms with van der Waals surface area (Å²) < 4.78 is 5.88. The summed E-state index contributed by atoms with van der Waals surface area (Å²) in [5.41, 5.74) is 3.58. The van der Waals surface area contributed by atoms with E-state index in [-0.39, 0.29) is 11.7 Å². The van der Waals surface area contributed by atoms with E-state index in [1.54, 1.807) is 18.2 Å². The normalized spacial score (nSPS) is 14.4. The van der Waals surface area contributed by atoms with Gasteiger partial charge in [0.2, 0.25) is 0 Å². The molecule has 122 valence electrons. The molecule has 0 radical (unpaired) electrons. The van der Waals surface area contributed by atoms with Crippen LogP contribution in [-0.4, -0.2) is 11.7 Å². The number of carbonyl (C=O) groups excluding carboxylic acids is 2. The molecule has 0 atom stereocenters. The van der Waals surface area contributed by atoms with Gasteiger partial charge in [-0.05, 0) is 31.2 Å². The fourth-order valence-corrected chi connectivity index (χ4v) is 3.00. The number of Topliss-reactive ketones (excluding diaryl/α,β-unsaturated/α-hetero) is 1. The van der Waals surface area contributed by atoms with Crippen molar-refractivity contribution in [2.24, 2.45) is 0 Å². The minimum atomic E-state index is -0.150. The highest BCUT2D eigenvalue weighted by molar-refractivity contribution is 6.34. The maximum Gasteiger partial charge on any atom is 0.256 e. The molecule has 2 heterocycles. The van der Waals surface area contributed by atoms with Crippen molar-refractivity contribution < 1.29 is 14.0 Å². The molecule has 0 saturated carbocycles. The van der Waals surface area contributed by atoms with Crippen LogP contribution in [0.3, 0.4) is 0 Å². The Labute approximate surface area is 144 Å². The number of hydrogen-bond donors (Lipinski definition) is 1. The highest BCUT2D eigenvalue weighted by Crippen LogP contribution is 2.34. The molecule has 2 aromatic carbocycles. The third kappa shape index (κ3) is 2.68. The minimum absolute atomic E-state index is 0.0176. The van der Waals surface area contributed by atoms with E-state index in [2.05, 4.69) is 5.32 Å². The fraction of sp³-hybridized carbons (Fsp3) is 0.0476. The molecule has 0 fully saturated rings. The summed E-state index contributed by atoms with van der Waals surface area (Å²) in [6.45, 7) is 1.53. The number of rotatable bonds is 3. The standard InChI is InChI=1S/C21H15NO3/c1-13(23)15-6-2-3-8-17(15)20-11-10-14(25-20)12-18-16-7-4-5-9-19(16)22-21(18)24/h2-12H,1H3,(H,22,24)/b18-12+. The zero-order valence-electron chi connectivity index (χ0n) is 13.6. The highest BCUT2D eigenvalue weighted by atomic mass is 16.3. The fourth-order valence-electron chi connectivity index (χ4n) is 3.00. The number of nitrogens with one attached hydrogen (secondary N) is 1. The molecule has 1 N–H and O–H groups in total. The van der Waals surface area contributed by atoms with Gasteiger partial charge in [-0.1, -0.05) is 42.5 Å². The van der Waals surface area contributed by atoms with Crippen molar-refractivity contribution in [2.45, 2.75) is 6.92 Å². The summed E-state index contributed by atoms with van der Waals surface area (Å²) >= 11 is 0. The molecule has 0 aliphatic carbocycles. The topological polar surface area (TPSA) is 59.3 Å². The lowest BCUT2D eigenvalue weighted by molar-refractivity contribution is -0.110. The van der Waals surface area contributed by atoms with Crippen molar-refractivity contribution in [3.05, 3.63) is 77.6 Å². The van der Waals surface area contributed by atoms with Crippen LogP contribution in [0.5, 0.6) is 0 Å². The maximum absolute atomic E-state index is 12.2. The number of hydrogen-bond acceptors (Lipinski definition) is 3. The second-order valence-corrected chi connectivity index (χ2v) is 5.86. The zero-order valence-corrected chi connectivity index (χ0v) is 13.6. The smallest absolute Gasteiger partial charge is 0.256 e. The molecular weight excluding hydrogens is 314 g/mol. The Morgan fingerprint density at radius 3 is 2.48 bits per heavy atom. The van der Waals surface area contributed by atoms with E-state index < -0.39 is 0 Å². The molecular formula is C21H15NO3. The van der Waals surface area contributed by atoms with E-state index in [4.69, 9.17) is 4.42 Å². The van der Waals surface area contributed by atoms with Crippen LogP contribution in [0.4, 0.5) is 5.69 Å². The minimum Gasteiger partial charge on any atom is -0.457 e. The number of para-hydroxylation sites is 1. The average molecular weight is 329 g/mol.